The van der Waals surface area contributed by atoms with E-state index in [2.05, 4.69) is 27.3 Å². The van der Waals surface area contributed by atoms with Crippen molar-refractivity contribution in [1.29, 1.82) is 0 Å². The first-order valence-electron chi connectivity index (χ1n) is 8.41. The number of hydrogen-bond acceptors (Lipinski definition) is 4. The molecule has 3 aliphatic rings. The Kier molecular flexibility index (Phi) is 3.92. The Labute approximate surface area is 139 Å². The van der Waals surface area contributed by atoms with Crippen LogP contribution in [-0.4, -0.2) is 40.3 Å². The van der Waals surface area contributed by atoms with Crippen molar-refractivity contribution in [3.05, 3.63) is 42.0 Å². The number of piperidine rings is 3. The quantitative estimate of drug-likeness (QED) is 0.937. The Bertz CT molecular complexity index is 724. The standard InChI is InChI=1S/C18H20F2N4/c1-11-18(12-6-8-24(11)9-7-12)21-17-5-4-16(22-23-17)13-2-3-14(19)15(20)10-13/h2-5,10-12,18H,6-9H2,1H3,(H,21,23)/t11-,18-/m1/s1. The molecule has 126 valence electrons. The second-order valence-corrected chi connectivity index (χ2v) is 6.72. The molecular formula is C18H20F2N4. The number of anilines is 1. The maximum Gasteiger partial charge on any atom is 0.159 e. The predicted octanol–water partition coefficient (Wildman–Crippen LogP) is 3.32. The molecule has 1 N–H and O–H groups in total. The molecule has 2 bridgehead atoms. The van der Waals surface area contributed by atoms with E-state index in [1.807, 2.05) is 6.07 Å². The maximum absolute atomic E-state index is 13.3. The summed E-state index contributed by atoms with van der Waals surface area (Å²) in [4.78, 5) is 2.51. The molecule has 4 nitrogen and oxygen atoms in total. The van der Waals surface area contributed by atoms with E-state index < -0.39 is 11.6 Å². The number of benzene rings is 1. The van der Waals surface area contributed by atoms with Crippen LogP contribution in [0.5, 0.6) is 0 Å². The Morgan fingerprint density at radius 1 is 1.04 bits per heavy atom. The zero-order valence-corrected chi connectivity index (χ0v) is 13.5. The first-order chi connectivity index (χ1) is 11.6. The van der Waals surface area contributed by atoms with Gasteiger partial charge in [-0.15, -0.1) is 10.2 Å². The summed E-state index contributed by atoms with van der Waals surface area (Å²) >= 11 is 0. The van der Waals surface area contributed by atoms with Crippen molar-refractivity contribution >= 4 is 5.82 Å². The predicted molar refractivity (Wildman–Crippen MR) is 88.6 cm³/mol. The van der Waals surface area contributed by atoms with Gasteiger partial charge in [0.25, 0.3) is 0 Å². The molecule has 3 fully saturated rings. The van der Waals surface area contributed by atoms with Gasteiger partial charge in [0.15, 0.2) is 11.6 Å². The molecule has 0 aliphatic carbocycles. The zero-order chi connectivity index (χ0) is 16.7. The smallest absolute Gasteiger partial charge is 0.159 e. The fourth-order valence-corrected chi connectivity index (χ4v) is 3.93. The van der Waals surface area contributed by atoms with Crippen LogP contribution in [0, 0.1) is 17.6 Å². The lowest BCUT2D eigenvalue weighted by atomic mass is 9.79. The minimum atomic E-state index is -0.877. The van der Waals surface area contributed by atoms with Gasteiger partial charge in [0.1, 0.15) is 5.82 Å². The number of rotatable bonds is 3. The molecule has 0 unspecified atom stereocenters. The molecule has 0 radical (unpaired) electrons. The summed E-state index contributed by atoms with van der Waals surface area (Å²) < 4.78 is 26.4. The third-order valence-electron chi connectivity index (χ3n) is 5.37. The van der Waals surface area contributed by atoms with Crippen molar-refractivity contribution in [3.8, 4) is 11.3 Å². The van der Waals surface area contributed by atoms with Gasteiger partial charge in [-0.05, 0) is 69.1 Å². The highest BCUT2D eigenvalue weighted by Crippen LogP contribution is 2.33. The molecule has 3 saturated heterocycles. The first-order valence-corrected chi connectivity index (χ1v) is 8.41. The van der Waals surface area contributed by atoms with Gasteiger partial charge in [-0.25, -0.2) is 8.78 Å². The number of halogens is 2. The third kappa shape index (κ3) is 2.75. The van der Waals surface area contributed by atoms with E-state index in [1.54, 1.807) is 6.07 Å². The average molecular weight is 330 g/mol. The van der Waals surface area contributed by atoms with Gasteiger partial charge in [0, 0.05) is 17.6 Å². The molecule has 2 atom stereocenters. The summed E-state index contributed by atoms with van der Waals surface area (Å²) in [6, 6.07) is 8.27. The van der Waals surface area contributed by atoms with Gasteiger partial charge in [-0.3, -0.25) is 4.90 Å². The zero-order valence-electron chi connectivity index (χ0n) is 13.5. The van der Waals surface area contributed by atoms with Crippen LogP contribution < -0.4 is 5.32 Å². The van der Waals surface area contributed by atoms with Crippen molar-refractivity contribution in [2.24, 2.45) is 5.92 Å². The SMILES string of the molecule is C[C@@H]1[C@@H](Nc2ccc(-c3ccc(F)c(F)c3)nn2)C2CCN1CC2. The monoisotopic (exact) mass is 330 g/mol. The Hall–Kier alpha value is -2.08. The van der Waals surface area contributed by atoms with Gasteiger partial charge < -0.3 is 5.32 Å². The fraction of sp³-hybridized carbons (Fsp3) is 0.444. The number of fused-ring (bicyclic) bond motifs is 3. The molecule has 6 heteroatoms. The van der Waals surface area contributed by atoms with Gasteiger partial charge in [-0.2, -0.15) is 0 Å². The summed E-state index contributed by atoms with van der Waals surface area (Å²) in [5.74, 6) is -0.330. The number of nitrogens with one attached hydrogen (secondary N) is 1. The highest BCUT2D eigenvalue weighted by Gasteiger charge is 2.39. The summed E-state index contributed by atoms with van der Waals surface area (Å²) in [6.45, 7) is 4.63. The normalized spacial score (nSPS) is 28.8. The number of nitrogens with zero attached hydrogens (tertiary/aromatic N) is 3. The molecule has 3 aliphatic heterocycles. The highest BCUT2D eigenvalue weighted by atomic mass is 19.2. The maximum atomic E-state index is 13.3. The van der Waals surface area contributed by atoms with Gasteiger partial charge in [-0.1, -0.05) is 0 Å². The summed E-state index contributed by atoms with van der Waals surface area (Å²) in [7, 11) is 0. The average Bonchev–Trinajstić information content (AvgIpc) is 2.61. The van der Waals surface area contributed by atoms with E-state index in [1.165, 1.54) is 32.0 Å². The highest BCUT2D eigenvalue weighted by molar-refractivity contribution is 5.59. The Balaban J connectivity index is 1.50. The molecule has 1 aromatic heterocycles. The van der Waals surface area contributed by atoms with E-state index in [-0.39, 0.29) is 0 Å². The lowest BCUT2D eigenvalue weighted by Crippen LogP contribution is -2.59. The molecule has 1 aromatic carbocycles. The molecule has 24 heavy (non-hydrogen) atoms. The van der Waals surface area contributed by atoms with Gasteiger partial charge >= 0.3 is 0 Å². The molecule has 4 heterocycles. The minimum Gasteiger partial charge on any atom is -0.364 e. The van der Waals surface area contributed by atoms with E-state index in [0.29, 0.717) is 29.3 Å². The topological polar surface area (TPSA) is 41.1 Å². The number of hydrogen-bond donors (Lipinski definition) is 1. The molecular weight excluding hydrogens is 310 g/mol. The van der Waals surface area contributed by atoms with Crippen molar-refractivity contribution in [2.45, 2.75) is 31.8 Å². The lowest BCUT2D eigenvalue weighted by Gasteiger charge is -2.50. The van der Waals surface area contributed by atoms with Crippen LogP contribution in [0.25, 0.3) is 11.3 Å². The molecule has 5 rings (SSSR count). The van der Waals surface area contributed by atoms with Crippen molar-refractivity contribution in [2.75, 3.05) is 18.4 Å². The first kappa shape index (κ1) is 15.4. The van der Waals surface area contributed by atoms with Crippen molar-refractivity contribution < 1.29 is 8.78 Å². The second kappa shape index (κ2) is 6.09. The van der Waals surface area contributed by atoms with E-state index in [4.69, 9.17) is 0 Å². The van der Waals surface area contributed by atoms with Crippen molar-refractivity contribution in [1.82, 2.24) is 15.1 Å². The number of aromatic nitrogens is 2. The van der Waals surface area contributed by atoms with Crippen LogP contribution in [0.1, 0.15) is 19.8 Å². The third-order valence-corrected chi connectivity index (χ3v) is 5.37. The van der Waals surface area contributed by atoms with Crippen LogP contribution in [0.15, 0.2) is 30.3 Å². The minimum absolute atomic E-state index is 0.385. The van der Waals surface area contributed by atoms with E-state index in [0.717, 1.165) is 18.0 Å². The molecule has 0 saturated carbocycles. The van der Waals surface area contributed by atoms with E-state index in [9.17, 15) is 8.78 Å². The van der Waals surface area contributed by atoms with Crippen molar-refractivity contribution in [3.63, 3.8) is 0 Å². The second-order valence-electron chi connectivity index (χ2n) is 6.72. The molecule has 2 aromatic rings. The van der Waals surface area contributed by atoms with Crippen LogP contribution >= 0.6 is 0 Å². The fourth-order valence-electron chi connectivity index (χ4n) is 3.93. The van der Waals surface area contributed by atoms with E-state index >= 15 is 0 Å². The lowest BCUT2D eigenvalue weighted by molar-refractivity contribution is 0.0457. The summed E-state index contributed by atoms with van der Waals surface area (Å²) in [6.07, 6.45) is 2.45. The largest absolute Gasteiger partial charge is 0.364 e. The summed E-state index contributed by atoms with van der Waals surface area (Å²) in [5.41, 5.74) is 1.05. The Morgan fingerprint density at radius 3 is 2.46 bits per heavy atom. The van der Waals surface area contributed by atoms with Gasteiger partial charge in [0.05, 0.1) is 5.69 Å². The molecule has 0 amide bonds. The summed E-state index contributed by atoms with van der Waals surface area (Å²) in [5, 5.41) is 11.9. The van der Waals surface area contributed by atoms with Crippen LogP contribution in [-0.2, 0) is 0 Å². The van der Waals surface area contributed by atoms with Crippen LogP contribution in [0.3, 0.4) is 0 Å². The molecule has 0 spiro atoms. The van der Waals surface area contributed by atoms with Crippen LogP contribution in [0.2, 0.25) is 0 Å². The van der Waals surface area contributed by atoms with Crippen LogP contribution in [0.4, 0.5) is 14.6 Å². The Morgan fingerprint density at radius 2 is 1.83 bits per heavy atom. The van der Waals surface area contributed by atoms with Gasteiger partial charge in [0.2, 0.25) is 0 Å².